The van der Waals surface area contributed by atoms with Gasteiger partial charge in [-0.2, -0.15) is 0 Å². The topological polar surface area (TPSA) is 82.9 Å². The molecule has 0 saturated carbocycles. The predicted octanol–water partition coefficient (Wildman–Crippen LogP) is 1.26. The van der Waals surface area contributed by atoms with Crippen LogP contribution in [-0.4, -0.2) is 20.7 Å². The number of nitrogens with zero attached hydrogens (tertiary/aromatic N) is 3. The van der Waals surface area contributed by atoms with Gasteiger partial charge in [-0.05, 0) is 12.0 Å². The Bertz CT molecular complexity index is 230. The molecule has 7 heteroatoms. The molecule has 0 rings (SSSR count). The van der Waals surface area contributed by atoms with E-state index in [1.54, 1.807) is 0 Å². The van der Waals surface area contributed by atoms with E-state index >= 15 is 0 Å². The van der Waals surface area contributed by atoms with Gasteiger partial charge in [-0.25, -0.2) is 8.42 Å². The molecule has 0 radical (unpaired) electrons. The van der Waals surface area contributed by atoms with Crippen molar-refractivity contribution in [3.63, 3.8) is 0 Å². The molecule has 58 valence electrons. The predicted molar refractivity (Wildman–Crippen MR) is 38.3 cm³/mol. The maximum Gasteiger partial charge on any atom is 0.232 e. The lowest BCUT2D eigenvalue weighted by Crippen LogP contribution is -1.97. The van der Waals surface area contributed by atoms with E-state index < -0.39 is 9.05 Å². The smallest absolute Gasteiger partial charge is 0.212 e. The van der Waals surface area contributed by atoms with Crippen LogP contribution in [0.15, 0.2) is 5.11 Å². The van der Waals surface area contributed by atoms with Gasteiger partial charge in [-0.15, -0.1) is 0 Å². The molecule has 0 aliphatic heterocycles. The highest BCUT2D eigenvalue weighted by atomic mass is 35.7. The van der Waals surface area contributed by atoms with Gasteiger partial charge in [-0.1, -0.05) is 5.11 Å². The molecule has 0 bridgehead atoms. The van der Waals surface area contributed by atoms with Crippen molar-refractivity contribution >= 4 is 19.7 Å². The molecule has 0 unspecified atom stereocenters. The first-order chi connectivity index (χ1) is 4.56. The molecular formula is C3H6ClN3O2S. The first-order valence-corrected chi connectivity index (χ1v) is 4.97. The van der Waals surface area contributed by atoms with Gasteiger partial charge in [0.1, 0.15) is 0 Å². The van der Waals surface area contributed by atoms with Gasteiger partial charge in [0.05, 0.1) is 5.75 Å². The van der Waals surface area contributed by atoms with Gasteiger partial charge in [0.25, 0.3) is 0 Å². The summed E-state index contributed by atoms with van der Waals surface area (Å²) in [6, 6.07) is 0. The van der Waals surface area contributed by atoms with Crippen LogP contribution in [0, 0.1) is 0 Å². The second-order valence-corrected chi connectivity index (χ2v) is 4.45. The third-order valence-electron chi connectivity index (χ3n) is 0.710. The van der Waals surface area contributed by atoms with Gasteiger partial charge in [0, 0.05) is 22.1 Å². The van der Waals surface area contributed by atoms with Gasteiger partial charge in [-0.3, -0.25) is 0 Å². The Balaban J connectivity index is 3.48. The molecule has 10 heavy (non-hydrogen) atoms. The Labute approximate surface area is 63.0 Å². The highest BCUT2D eigenvalue weighted by Crippen LogP contribution is 1.98. The molecular weight excluding hydrogens is 178 g/mol. The zero-order valence-electron chi connectivity index (χ0n) is 5.07. The molecule has 5 nitrogen and oxygen atoms in total. The van der Waals surface area contributed by atoms with Crippen LogP contribution in [0.2, 0.25) is 0 Å². The fourth-order valence-electron chi connectivity index (χ4n) is 0.352. The molecule has 0 N–H and O–H groups in total. The van der Waals surface area contributed by atoms with E-state index in [0.717, 1.165) is 0 Å². The van der Waals surface area contributed by atoms with E-state index in [9.17, 15) is 8.42 Å². The third-order valence-corrected chi connectivity index (χ3v) is 1.95. The van der Waals surface area contributed by atoms with E-state index in [0.29, 0.717) is 0 Å². The van der Waals surface area contributed by atoms with Crippen molar-refractivity contribution in [2.75, 3.05) is 12.3 Å². The average molecular weight is 184 g/mol. The Hall–Kier alpha value is -0.450. The Morgan fingerprint density at radius 2 is 2.20 bits per heavy atom. The van der Waals surface area contributed by atoms with E-state index in [4.69, 9.17) is 16.2 Å². The second kappa shape index (κ2) is 4.38. The molecule has 0 aromatic rings. The highest BCUT2D eigenvalue weighted by Gasteiger charge is 2.02. The van der Waals surface area contributed by atoms with Crippen LogP contribution in [0.3, 0.4) is 0 Å². The zero-order chi connectivity index (χ0) is 8.04. The Morgan fingerprint density at radius 1 is 1.60 bits per heavy atom. The molecule has 0 saturated heterocycles. The maximum atomic E-state index is 10.2. The van der Waals surface area contributed by atoms with E-state index in [2.05, 4.69) is 10.0 Å². The van der Waals surface area contributed by atoms with Crippen LogP contribution < -0.4 is 0 Å². The van der Waals surface area contributed by atoms with Crippen molar-refractivity contribution < 1.29 is 8.42 Å². The summed E-state index contributed by atoms with van der Waals surface area (Å²) >= 11 is 0. The van der Waals surface area contributed by atoms with Crippen LogP contribution in [0.4, 0.5) is 0 Å². The second-order valence-electron chi connectivity index (χ2n) is 1.55. The van der Waals surface area contributed by atoms with Crippen molar-refractivity contribution in [1.29, 1.82) is 0 Å². The molecule has 0 aliphatic carbocycles. The number of hydrogen-bond acceptors (Lipinski definition) is 3. The SMILES string of the molecule is [N-]=[N+]=NCCCS(=O)(=O)Cl. The average Bonchev–Trinajstić information content (AvgIpc) is 1.78. The molecule has 0 aliphatic rings. The number of azide groups is 1. The minimum atomic E-state index is -3.42. The minimum absolute atomic E-state index is 0.145. The summed E-state index contributed by atoms with van der Waals surface area (Å²) in [4.78, 5) is 2.44. The summed E-state index contributed by atoms with van der Waals surface area (Å²) in [5.74, 6) is -0.145. The van der Waals surface area contributed by atoms with Crippen LogP contribution in [-0.2, 0) is 9.05 Å². The summed E-state index contributed by atoms with van der Waals surface area (Å²) in [5, 5.41) is 3.13. The fourth-order valence-corrected chi connectivity index (χ4v) is 1.15. The summed E-state index contributed by atoms with van der Waals surface area (Å²) in [6.45, 7) is 0.169. The van der Waals surface area contributed by atoms with Crippen molar-refractivity contribution in [2.24, 2.45) is 5.11 Å². The van der Waals surface area contributed by atoms with E-state index in [1.807, 2.05) is 0 Å². The monoisotopic (exact) mass is 183 g/mol. The van der Waals surface area contributed by atoms with Gasteiger partial charge >= 0.3 is 0 Å². The standard InChI is InChI=1S/C3H6ClN3O2S/c4-10(8,9)3-1-2-6-7-5/h1-3H2. The Morgan fingerprint density at radius 3 is 2.60 bits per heavy atom. The minimum Gasteiger partial charge on any atom is -0.212 e. The Kier molecular flexibility index (Phi) is 4.18. The fraction of sp³-hybridized carbons (Fsp3) is 1.00. The summed E-state index contributed by atoms with van der Waals surface area (Å²) in [7, 11) is 1.43. The number of hydrogen-bond donors (Lipinski definition) is 0. The molecule has 0 fully saturated rings. The van der Waals surface area contributed by atoms with Gasteiger partial charge in [0.15, 0.2) is 0 Å². The van der Waals surface area contributed by atoms with Crippen molar-refractivity contribution in [1.82, 2.24) is 0 Å². The van der Waals surface area contributed by atoms with Crippen LogP contribution in [0.5, 0.6) is 0 Å². The molecule has 0 atom stereocenters. The molecule has 0 heterocycles. The van der Waals surface area contributed by atoms with Gasteiger partial charge in [0.2, 0.25) is 9.05 Å². The third kappa shape index (κ3) is 7.55. The molecule has 0 spiro atoms. The highest BCUT2D eigenvalue weighted by molar-refractivity contribution is 8.13. The van der Waals surface area contributed by atoms with Crippen molar-refractivity contribution in [3.05, 3.63) is 10.4 Å². The van der Waals surface area contributed by atoms with Crippen LogP contribution in [0.25, 0.3) is 10.4 Å². The number of rotatable bonds is 4. The van der Waals surface area contributed by atoms with Crippen molar-refractivity contribution in [3.8, 4) is 0 Å². The maximum absolute atomic E-state index is 10.2. The summed E-state index contributed by atoms with van der Waals surface area (Å²) < 4.78 is 20.5. The first kappa shape index (κ1) is 9.55. The lowest BCUT2D eigenvalue weighted by Gasteiger charge is -1.89. The zero-order valence-corrected chi connectivity index (χ0v) is 6.64. The largest absolute Gasteiger partial charge is 0.232 e. The lowest BCUT2D eigenvalue weighted by atomic mass is 10.5. The normalized spacial score (nSPS) is 10.5. The van der Waals surface area contributed by atoms with E-state index in [1.165, 1.54) is 0 Å². The molecule has 0 aromatic carbocycles. The van der Waals surface area contributed by atoms with Crippen LogP contribution in [0.1, 0.15) is 6.42 Å². The first-order valence-electron chi connectivity index (χ1n) is 2.49. The lowest BCUT2D eigenvalue weighted by molar-refractivity contribution is 0.607. The van der Waals surface area contributed by atoms with Crippen LogP contribution >= 0.6 is 10.7 Å². The summed E-state index contributed by atoms with van der Waals surface area (Å²) in [6.07, 6.45) is 0.274. The summed E-state index contributed by atoms with van der Waals surface area (Å²) in [5.41, 5.74) is 7.77. The van der Waals surface area contributed by atoms with Gasteiger partial charge < -0.3 is 0 Å². The quantitative estimate of drug-likeness (QED) is 0.216. The molecule has 0 aromatic heterocycles. The molecule has 0 amide bonds. The van der Waals surface area contributed by atoms with Crippen molar-refractivity contribution in [2.45, 2.75) is 6.42 Å². The van der Waals surface area contributed by atoms with E-state index in [-0.39, 0.29) is 18.7 Å². The number of halogens is 1.